The molecule has 246 valence electrons. The molecule has 0 spiro atoms. The van der Waals surface area contributed by atoms with E-state index in [4.69, 9.17) is 20.4 Å². The zero-order chi connectivity index (χ0) is 33.9. The molecule has 8 rings (SSSR count). The van der Waals surface area contributed by atoms with Crippen LogP contribution < -0.4 is 0 Å². The first-order valence-corrected chi connectivity index (χ1v) is 18.0. The molecule has 8 aromatic rings. The maximum atomic E-state index is 4.80. The summed E-state index contributed by atoms with van der Waals surface area (Å²) in [6.07, 6.45) is 3.59. The molecule has 0 radical (unpaired) electrons. The molecule has 4 aromatic heterocycles. The number of tetrazole rings is 2. The van der Waals surface area contributed by atoms with E-state index in [1.54, 1.807) is 22.0 Å². The van der Waals surface area contributed by atoms with Gasteiger partial charge in [-0.2, -0.15) is 19.8 Å². The van der Waals surface area contributed by atoms with E-state index < -0.39 is 0 Å². The topological polar surface area (TPSA) is 123 Å². The summed E-state index contributed by atoms with van der Waals surface area (Å²) in [5.74, 6) is 0.973. The molecule has 0 saturated carbocycles. The van der Waals surface area contributed by atoms with E-state index >= 15 is 0 Å². The summed E-state index contributed by atoms with van der Waals surface area (Å²) in [5, 5.41) is 38.4. The van der Waals surface area contributed by atoms with E-state index in [0.29, 0.717) is 24.7 Å². The molecule has 0 fully saturated rings. The largest absolute Gasteiger partial charge is 0.226 e. The maximum absolute atomic E-state index is 4.80. The highest BCUT2D eigenvalue weighted by molar-refractivity contribution is 8.76. The number of aryl methyl sites for hydroxylation is 2. The van der Waals surface area contributed by atoms with Gasteiger partial charge >= 0.3 is 0 Å². The average molecular weight is 695 g/mol. The Labute approximate surface area is 295 Å². The number of hydrogen-bond acceptors (Lipinski definition) is 10. The number of nitrogens with zero attached hydrogens (tertiary/aromatic N) is 12. The van der Waals surface area contributed by atoms with Crippen molar-refractivity contribution >= 4 is 21.6 Å². The van der Waals surface area contributed by atoms with Crippen LogP contribution in [-0.4, -0.2) is 60.0 Å². The van der Waals surface area contributed by atoms with E-state index in [2.05, 4.69) is 83.0 Å². The van der Waals surface area contributed by atoms with Crippen LogP contribution in [0, 0.1) is 13.8 Å². The molecule has 0 amide bonds. The summed E-state index contributed by atoms with van der Waals surface area (Å²) >= 11 is 0. The van der Waals surface area contributed by atoms with Crippen LogP contribution in [0.2, 0.25) is 0 Å². The van der Waals surface area contributed by atoms with Gasteiger partial charge in [-0.05, 0) is 81.3 Å². The van der Waals surface area contributed by atoms with Crippen LogP contribution in [0.4, 0.5) is 0 Å². The Morgan fingerprint density at radius 3 is 1.30 bits per heavy atom. The average Bonchev–Trinajstić information content (AvgIpc) is 3.96. The van der Waals surface area contributed by atoms with Crippen molar-refractivity contribution in [3.8, 4) is 34.2 Å². The lowest BCUT2D eigenvalue weighted by molar-refractivity contribution is 0.573. The van der Waals surface area contributed by atoms with Crippen LogP contribution in [0.3, 0.4) is 0 Å². The third-order valence-corrected chi connectivity index (χ3v) is 10.3. The highest BCUT2D eigenvalue weighted by Gasteiger charge is 2.24. The predicted octanol–water partition coefficient (Wildman–Crippen LogP) is 6.88. The number of aromatic nitrogens is 12. The van der Waals surface area contributed by atoms with E-state index in [1.807, 2.05) is 70.0 Å². The molecule has 12 nitrogen and oxygen atoms in total. The van der Waals surface area contributed by atoms with Gasteiger partial charge in [0.2, 0.25) is 11.6 Å². The van der Waals surface area contributed by atoms with Crippen molar-refractivity contribution in [2.45, 2.75) is 37.0 Å². The molecule has 0 aliphatic heterocycles. The zero-order valence-electron chi connectivity index (χ0n) is 27.1. The summed E-state index contributed by atoms with van der Waals surface area (Å²) in [6.45, 7) is 5.15. The molecule has 0 N–H and O–H groups in total. The van der Waals surface area contributed by atoms with Gasteiger partial charge in [0.15, 0.2) is 0 Å². The van der Waals surface area contributed by atoms with Crippen LogP contribution in [-0.2, 0) is 13.1 Å². The van der Waals surface area contributed by atoms with Crippen molar-refractivity contribution in [3.05, 3.63) is 144 Å². The van der Waals surface area contributed by atoms with Crippen LogP contribution in [0.25, 0.3) is 34.2 Å². The van der Waals surface area contributed by atoms with Gasteiger partial charge in [0.05, 0.1) is 48.0 Å². The van der Waals surface area contributed by atoms with Crippen LogP contribution in [0.1, 0.15) is 22.3 Å². The normalized spacial score (nSPS) is 11.3. The van der Waals surface area contributed by atoms with Crippen molar-refractivity contribution in [1.29, 1.82) is 0 Å². The first-order chi connectivity index (χ1) is 24.6. The van der Waals surface area contributed by atoms with E-state index in [-0.39, 0.29) is 0 Å². The number of hydrogen-bond donors (Lipinski definition) is 0. The summed E-state index contributed by atoms with van der Waals surface area (Å²) in [5.41, 5.74) is 7.85. The third kappa shape index (κ3) is 6.70. The second kappa shape index (κ2) is 13.9. The van der Waals surface area contributed by atoms with Crippen molar-refractivity contribution < 1.29 is 0 Å². The van der Waals surface area contributed by atoms with Crippen molar-refractivity contribution in [2.75, 3.05) is 0 Å². The van der Waals surface area contributed by atoms with Crippen molar-refractivity contribution in [2.24, 2.45) is 0 Å². The van der Waals surface area contributed by atoms with Gasteiger partial charge in [-0.1, -0.05) is 96.1 Å². The Morgan fingerprint density at radius 1 is 0.500 bits per heavy atom. The fraction of sp³-hybridized carbons (Fsp3) is 0.111. The van der Waals surface area contributed by atoms with Gasteiger partial charge < -0.3 is 0 Å². The fourth-order valence-corrected chi connectivity index (χ4v) is 7.80. The highest BCUT2D eigenvalue weighted by Crippen LogP contribution is 2.45. The Bertz CT molecular complexity index is 2170. The molecular formula is C36H30N12S2. The molecule has 0 unspecified atom stereocenters. The lowest BCUT2D eigenvalue weighted by Crippen LogP contribution is -2.03. The standard InChI is InChI=1S/C36H30N12S2/c1-25-13-17-29(18-14-25)47-35(31(21-37-47)33-39-43-45(41-33)23-27-9-5-3-6-10-27)49-50-36-32(22-38-48(36)30-19-15-26(2)16-20-30)34-40-44-46(42-34)24-28-11-7-4-8-12-28/h3-22H,23-24H2,1-2H3. The van der Waals surface area contributed by atoms with Gasteiger partial charge in [-0.3, -0.25) is 0 Å². The Hall–Kier alpha value is -5.86. The molecule has 0 aliphatic rings. The quantitative estimate of drug-likeness (QED) is 0.133. The molecule has 4 aromatic carbocycles. The first-order valence-electron chi connectivity index (χ1n) is 15.9. The molecular weight excluding hydrogens is 665 g/mol. The maximum Gasteiger partial charge on any atom is 0.209 e. The molecule has 0 bridgehead atoms. The molecule has 0 atom stereocenters. The Balaban J connectivity index is 1.16. The van der Waals surface area contributed by atoms with E-state index in [9.17, 15) is 0 Å². The van der Waals surface area contributed by atoms with E-state index in [1.165, 1.54) is 21.6 Å². The minimum atomic E-state index is 0.486. The Kier molecular flexibility index (Phi) is 8.76. The summed E-state index contributed by atoms with van der Waals surface area (Å²) in [6, 6.07) is 36.6. The van der Waals surface area contributed by atoms with Crippen molar-refractivity contribution in [1.82, 2.24) is 60.0 Å². The van der Waals surface area contributed by atoms with Gasteiger partial charge in [0.1, 0.15) is 10.1 Å². The van der Waals surface area contributed by atoms with Crippen LogP contribution in [0.5, 0.6) is 0 Å². The fourth-order valence-electron chi connectivity index (χ4n) is 5.29. The number of benzene rings is 4. The second-order valence-electron chi connectivity index (χ2n) is 11.6. The van der Waals surface area contributed by atoms with Gasteiger partial charge in [-0.15, -0.1) is 20.4 Å². The zero-order valence-corrected chi connectivity index (χ0v) is 28.8. The predicted molar refractivity (Wildman–Crippen MR) is 193 cm³/mol. The minimum absolute atomic E-state index is 0.486. The monoisotopic (exact) mass is 694 g/mol. The van der Waals surface area contributed by atoms with Gasteiger partial charge in [-0.25, -0.2) is 9.36 Å². The number of rotatable bonds is 11. The first kappa shape index (κ1) is 31.4. The van der Waals surface area contributed by atoms with Crippen molar-refractivity contribution in [3.63, 3.8) is 0 Å². The van der Waals surface area contributed by atoms with Crippen LogP contribution >= 0.6 is 21.6 Å². The molecule has 0 aliphatic carbocycles. The Morgan fingerprint density at radius 2 is 0.900 bits per heavy atom. The lowest BCUT2D eigenvalue weighted by atomic mass is 10.2. The lowest BCUT2D eigenvalue weighted by Gasteiger charge is -2.11. The summed E-state index contributed by atoms with van der Waals surface area (Å²) in [7, 11) is 3.06. The van der Waals surface area contributed by atoms with Gasteiger partial charge in [0.25, 0.3) is 0 Å². The SMILES string of the molecule is Cc1ccc(-n2ncc(-c3nnn(Cc4ccccc4)n3)c2SSc2c(-c3nnn(Cc4ccccc4)n3)cnn2-c2ccc(C)cc2)cc1. The smallest absolute Gasteiger partial charge is 0.209 e. The van der Waals surface area contributed by atoms with Crippen LogP contribution in [0.15, 0.2) is 132 Å². The summed E-state index contributed by atoms with van der Waals surface area (Å²) < 4.78 is 3.82. The molecule has 4 heterocycles. The minimum Gasteiger partial charge on any atom is -0.226 e. The van der Waals surface area contributed by atoms with Gasteiger partial charge in [0, 0.05) is 0 Å². The summed E-state index contributed by atoms with van der Waals surface area (Å²) in [4.78, 5) is 3.20. The van der Waals surface area contributed by atoms with E-state index in [0.717, 1.165) is 54.8 Å². The molecule has 0 saturated heterocycles. The third-order valence-electron chi connectivity index (χ3n) is 7.93. The molecule has 14 heteroatoms. The highest BCUT2D eigenvalue weighted by atomic mass is 33.1. The molecule has 50 heavy (non-hydrogen) atoms. The second-order valence-corrected chi connectivity index (χ2v) is 13.8.